The molecule has 2 aromatic rings. The van der Waals surface area contributed by atoms with E-state index >= 15 is 0 Å². The van der Waals surface area contributed by atoms with Gasteiger partial charge in [-0.15, -0.1) is 0 Å². The van der Waals surface area contributed by atoms with Crippen molar-refractivity contribution >= 4 is 34.1 Å². The SMILES string of the molecule is O=C1NCNC12CCN(c1cc(Cl)cc3[nH]ccc13)CC2. The van der Waals surface area contributed by atoms with E-state index in [4.69, 9.17) is 11.6 Å². The molecule has 110 valence electrons. The third kappa shape index (κ3) is 2.00. The van der Waals surface area contributed by atoms with Gasteiger partial charge in [-0.2, -0.15) is 0 Å². The molecule has 1 aromatic heterocycles. The number of rotatable bonds is 1. The van der Waals surface area contributed by atoms with E-state index in [0.29, 0.717) is 6.67 Å². The number of anilines is 1. The van der Waals surface area contributed by atoms with Gasteiger partial charge in [-0.05, 0) is 31.0 Å². The van der Waals surface area contributed by atoms with E-state index in [1.807, 2.05) is 18.3 Å². The summed E-state index contributed by atoms with van der Waals surface area (Å²) >= 11 is 6.22. The zero-order chi connectivity index (χ0) is 14.4. The quantitative estimate of drug-likeness (QED) is 0.753. The molecule has 2 fully saturated rings. The number of amides is 1. The summed E-state index contributed by atoms with van der Waals surface area (Å²) in [5.74, 6) is 0.139. The zero-order valence-electron chi connectivity index (χ0n) is 11.6. The highest BCUT2D eigenvalue weighted by molar-refractivity contribution is 6.31. The van der Waals surface area contributed by atoms with Gasteiger partial charge < -0.3 is 15.2 Å². The number of hydrogen-bond donors (Lipinski definition) is 3. The summed E-state index contributed by atoms with van der Waals surface area (Å²) in [6, 6.07) is 6.03. The number of nitrogens with one attached hydrogen (secondary N) is 3. The van der Waals surface area contributed by atoms with Crippen molar-refractivity contribution in [2.24, 2.45) is 0 Å². The third-order valence-corrected chi connectivity index (χ3v) is 4.90. The molecule has 4 rings (SSSR count). The molecule has 0 saturated carbocycles. The summed E-state index contributed by atoms with van der Waals surface area (Å²) in [5, 5.41) is 8.11. The van der Waals surface area contributed by atoms with Crippen LogP contribution in [0.1, 0.15) is 12.8 Å². The Balaban J connectivity index is 1.63. The molecule has 21 heavy (non-hydrogen) atoms. The minimum absolute atomic E-state index is 0.139. The predicted molar refractivity (Wildman–Crippen MR) is 83.6 cm³/mol. The Labute approximate surface area is 127 Å². The second kappa shape index (κ2) is 4.64. The van der Waals surface area contributed by atoms with Crippen LogP contribution in [0.25, 0.3) is 10.9 Å². The summed E-state index contributed by atoms with van der Waals surface area (Å²) in [6.07, 6.45) is 3.57. The second-order valence-electron chi connectivity index (χ2n) is 5.79. The topological polar surface area (TPSA) is 60.2 Å². The van der Waals surface area contributed by atoms with E-state index in [1.54, 1.807) is 0 Å². The van der Waals surface area contributed by atoms with E-state index in [9.17, 15) is 4.79 Å². The summed E-state index contributed by atoms with van der Waals surface area (Å²) in [7, 11) is 0. The van der Waals surface area contributed by atoms with Gasteiger partial charge in [-0.25, -0.2) is 0 Å². The number of carbonyl (C=O) groups is 1. The summed E-state index contributed by atoms with van der Waals surface area (Å²) in [4.78, 5) is 17.5. The maximum absolute atomic E-state index is 12.0. The van der Waals surface area contributed by atoms with E-state index in [-0.39, 0.29) is 11.4 Å². The van der Waals surface area contributed by atoms with Crippen LogP contribution in [0.5, 0.6) is 0 Å². The molecule has 2 aliphatic heterocycles. The Morgan fingerprint density at radius 1 is 1.24 bits per heavy atom. The lowest BCUT2D eigenvalue weighted by atomic mass is 9.87. The van der Waals surface area contributed by atoms with Crippen molar-refractivity contribution in [1.82, 2.24) is 15.6 Å². The molecular formula is C15H17ClN4O. The molecule has 0 unspecified atom stereocenters. The fourth-order valence-electron chi connectivity index (χ4n) is 3.45. The highest BCUT2D eigenvalue weighted by Crippen LogP contribution is 2.34. The average Bonchev–Trinajstić information content (AvgIpc) is 3.07. The number of H-pyrrole nitrogens is 1. The number of benzene rings is 1. The van der Waals surface area contributed by atoms with Gasteiger partial charge >= 0.3 is 0 Å². The molecule has 5 nitrogen and oxygen atoms in total. The number of halogens is 1. The van der Waals surface area contributed by atoms with Crippen molar-refractivity contribution in [3.63, 3.8) is 0 Å². The van der Waals surface area contributed by atoms with Crippen molar-refractivity contribution in [3.8, 4) is 0 Å². The van der Waals surface area contributed by atoms with Gasteiger partial charge in [0.15, 0.2) is 0 Å². The molecule has 1 spiro atoms. The van der Waals surface area contributed by atoms with Gasteiger partial charge in [0.25, 0.3) is 0 Å². The number of hydrogen-bond acceptors (Lipinski definition) is 3. The Hall–Kier alpha value is -1.72. The molecule has 0 bridgehead atoms. The van der Waals surface area contributed by atoms with Crippen molar-refractivity contribution in [2.45, 2.75) is 18.4 Å². The fraction of sp³-hybridized carbons (Fsp3) is 0.400. The predicted octanol–water partition coefficient (Wildman–Crippen LogP) is 1.84. The van der Waals surface area contributed by atoms with E-state index in [2.05, 4.69) is 26.6 Å². The van der Waals surface area contributed by atoms with Gasteiger partial charge in [0.1, 0.15) is 5.54 Å². The average molecular weight is 305 g/mol. The first-order valence-electron chi connectivity index (χ1n) is 7.23. The van der Waals surface area contributed by atoms with E-state index < -0.39 is 0 Å². The van der Waals surface area contributed by atoms with Crippen LogP contribution in [-0.4, -0.2) is 36.2 Å². The Kier molecular flexibility index (Phi) is 2.87. The smallest absolute Gasteiger partial charge is 0.241 e. The van der Waals surface area contributed by atoms with Crippen molar-refractivity contribution in [3.05, 3.63) is 29.4 Å². The van der Waals surface area contributed by atoms with Crippen LogP contribution in [0.2, 0.25) is 5.02 Å². The number of fused-ring (bicyclic) bond motifs is 1. The normalized spacial score (nSPS) is 21.2. The van der Waals surface area contributed by atoms with Crippen molar-refractivity contribution in [2.75, 3.05) is 24.7 Å². The molecule has 1 amide bonds. The maximum atomic E-state index is 12.0. The zero-order valence-corrected chi connectivity index (χ0v) is 12.3. The monoisotopic (exact) mass is 304 g/mol. The third-order valence-electron chi connectivity index (χ3n) is 4.68. The standard InChI is InChI=1S/C15H17ClN4O/c16-10-7-12-11(1-4-17-12)13(8-10)20-5-2-15(3-6-20)14(21)18-9-19-15/h1,4,7-8,17,19H,2-3,5-6,9H2,(H,18,21). The minimum Gasteiger partial charge on any atom is -0.371 e. The molecule has 2 saturated heterocycles. The van der Waals surface area contributed by atoms with Crippen molar-refractivity contribution in [1.29, 1.82) is 0 Å². The minimum atomic E-state index is -0.369. The van der Waals surface area contributed by atoms with Crippen LogP contribution < -0.4 is 15.5 Å². The first-order chi connectivity index (χ1) is 10.2. The van der Waals surface area contributed by atoms with Gasteiger partial charge in [0, 0.05) is 40.9 Å². The van der Waals surface area contributed by atoms with Crippen LogP contribution >= 0.6 is 11.6 Å². The maximum Gasteiger partial charge on any atom is 0.241 e. The first kappa shape index (κ1) is 13.0. The van der Waals surface area contributed by atoms with Crippen LogP contribution in [0.3, 0.4) is 0 Å². The number of carbonyl (C=O) groups excluding carboxylic acids is 1. The Morgan fingerprint density at radius 2 is 2.05 bits per heavy atom. The highest BCUT2D eigenvalue weighted by Gasteiger charge is 2.44. The van der Waals surface area contributed by atoms with Gasteiger partial charge in [-0.1, -0.05) is 11.6 Å². The molecule has 0 aliphatic carbocycles. The molecule has 0 atom stereocenters. The second-order valence-corrected chi connectivity index (χ2v) is 6.23. The lowest BCUT2D eigenvalue weighted by Gasteiger charge is -2.38. The van der Waals surface area contributed by atoms with Crippen LogP contribution in [0.4, 0.5) is 5.69 Å². The fourth-order valence-corrected chi connectivity index (χ4v) is 3.66. The number of aromatic nitrogens is 1. The molecule has 2 aliphatic rings. The molecule has 6 heteroatoms. The molecular weight excluding hydrogens is 288 g/mol. The Bertz CT molecular complexity index is 703. The summed E-state index contributed by atoms with van der Waals surface area (Å²) < 4.78 is 0. The van der Waals surface area contributed by atoms with Gasteiger partial charge in [-0.3, -0.25) is 10.1 Å². The molecule has 1 aromatic carbocycles. The number of nitrogens with zero attached hydrogens (tertiary/aromatic N) is 1. The van der Waals surface area contributed by atoms with E-state index in [0.717, 1.165) is 42.2 Å². The van der Waals surface area contributed by atoms with E-state index in [1.165, 1.54) is 5.39 Å². The van der Waals surface area contributed by atoms with Gasteiger partial charge in [0.05, 0.1) is 6.67 Å². The highest BCUT2D eigenvalue weighted by atomic mass is 35.5. The summed E-state index contributed by atoms with van der Waals surface area (Å²) in [6.45, 7) is 2.28. The Morgan fingerprint density at radius 3 is 2.76 bits per heavy atom. The molecule has 0 radical (unpaired) electrons. The van der Waals surface area contributed by atoms with Crippen molar-refractivity contribution < 1.29 is 4.79 Å². The number of aromatic amines is 1. The largest absolute Gasteiger partial charge is 0.371 e. The van der Waals surface area contributed by atoms with Gasteiger partial charge in [0.2, 0.25) is 5.91 Å². The molecule has 3 N–H and O–H groups in total. The van der Waals surface area contributed by atoms with Crippen LogP contribution in [0.15, 0.2) is 24.4 Å². The lowest BCUT2D eigenvalue weighted by Crippen LogP contribution is -2.54. The summed E-state index contributed by atoms with van der Waals surface area (Å²) in [5.41, 5.74) is 1.83. The molecule has 3 heterocycles. The lowest BCUT2D eigenvalue weighted by molar-refractivity contribution is -0.124. The van der Waals surface area contributed by atoms with Crippen LogP contribution in [-0.2, 0) is 4.79 Å². The first-order valence-corrected chi connectivity index (χ1v) is 7.61. The van der Waals surface area contributed by atoms with Crippen LogP contribution in [0, 0.1) is 0 Å². The number of piperidine rings is 1.